The van der Waals surface area contributed by atoms with Crippen molar-refractivity contribution in [3.63, 3.8) is 0 Å². The van der Waals surface area contributed by atoms with Gasteiger partial charge in [-0.2, -0.15) is 0 Å². The van der Waals surface area contributed by atoms with E-state index in [0.29, 0.717) is 20.9 Å². The van der Waals surface area contributed by atoms with Crippen LogP contribution in [0.2, 0.25) is 0 Å². The second-order valence-electron chi connectivity index (χ2n) is 5.05. The van der Waals surface area contributed by atoms with Gasteiger partial charge < -0.3 is 4.98 Å². The van der Waals surface area contributed by atoms with Crippen LogP contribution in [0.5, 0.6) is 0 Å². The Kier molecular flexibility index (Phi) is 4.33. The van der Waals surface area contributed by atoms with Crippen LogP contribution in [-0.4, -0.2) is 9.97 Å². The Morgan fingerprint density at radius 3 is 2.87 bits per heavy atom. The first-order chi connectivity index (χ1) is 11.0. The van der Waals surface area contributed by atoms with Crippen LogP contribution < -0.4 is 5.56 Å². The fourth-order valence-corrected chi connectivity index (χ4v) is 2.85. The number of halogens is 3. The number of nitrogens with zero attached hydrogens (tertiary/aromatic N) is 1. The normalized spacial score (nSPS) is 11.9. The van der Waals surface area contributed by atoms with E-state index in [9.17, 15) is 9.18 Å². The minimum absolute atomic E-state index is 0.250. The van der Waals surface area contributed by atoms with Gasteiger partial charge in [-0.05, 0) is 58.3 Å². The number of nitrogens with one attached hydrogen (secondary N) is 1. The summed E-state index contributed by atoms with van der Waals surface area (Å²) in [6, 6.07) is 9.93. The fraction of sp³-hybridized carbons (Fsp3) is 0.0588. The van der Waals surface area contributed by atoms with Crippen molar-refractivity contribution >= 4 is 49.5 Å². The lowest BCUT2D eigenvalue weighted by Gasteiger charge is -2.04. The average Bonchev–Trinajstić information content (AvgIpc) is 2.52. The maximum atomic E-state index is 13.3. The summed E-state index contributed by atoms with van der Waals surface area (Å²) >= 11 is 9.40. The Labute approximate surface area is 145 Å². The van der Waals surface area contributed by atoms with Crippen LogP contribution >= 0.6 is 27.5 Å². The van der Waals surface area contributed by atoms with E-state index in [4.69, 9.17) is 11.6 Å². The number of hydrogen-bond acceptors (Lipinski definition) is 2. The molecular weight excluding hydrogens is 383 g/mol. The molecule has 6 heteroatoms. The topological polar surface area (TPSA) is 45.8 Å². The highest BCUT2D eigenvalue weighted by molar-refractivity contribution is 9.10. The highest BCUT2D eigenvalue weighted by atomic mass is 79.9. The number of aryl methyl sites for hydroxylation is 1. The summed E-state index contributed by atoms with van der Waals surface area (Å²) in [5.74, 6) is -0.0787. The predicted molar refractivity (Wildman–Crippen MR) is 94.9 cm³/mol. The van der Waals surface area contributed by atoms with Gasteiger partial charge in [-0.1, -0.05) is 29.8 Å². The molecule has 0 bridgehead atoms. The van der Waals surface area contributed by atoms with E-state index in [-0.39, 0.29) is 22.2 Å². The maximum Gasteiger partial charge on any atom is 0.259 e. The summed E-state index contributed by atoms with van der Waals surface area (Å²) < 4.78 is 13.6. The van der Waals surface area contributed by atoms with Crippen molar-refractivity contribution in [1.29, 1.82) is 0 Å². The molecule has 0 radical (unpaired) electrons. The summed E-state index contributed by atoms with van der Waals surface area (Å²) in [5.41, 5.74) is 1.94. The predicted octanol–water partition coefficient (Wildman–Crippen LogP) is 4.87. The number of H-pyrrole nitrogens is 1. The largest absolute Gasteiger partial charge is 0.305 e. The Morgan fingerprint density at radius 1 is 1.35 bits per heavy atom. The van der Waals surface area contributed by atoms with Crippen molar-refractivity contribution in [3.05, 3.63) is 74.0 Å². The first-order valence-electron chi connectivity index (χ1n) is 6.78. The van der Waals surface area contributed by atoms with Crippen molar-refractivity contribution in [1.82, 2.24) is 9.97 Å². The molecule has 0 unspecified atom stereocenters. The molecule has 1 N–H and O–H groups in total. The molecule has 0 aliphatic heterocycles. The highest BCUT2D eigenvalue weighted by Gasteiger charge is 2.09. The molecule has 0 fully saturated rings. The van der Waals surface area contributed by atoms with Crippen molar-refractivity contribution in [3.8, 4) is 0 Å². The zero-order valence-corrected chi connectivity index (χ0v) is 14.4. The quantitative estimate of drug-likeness (QED) is 0.675. The van der Waals surface area contributed by atoms with Crippen LogP contribution in [0.15, 0.2) is 45.7 Å². The molecule has 2 aromatic carbocycles. The minimum atomic E-state index is -0.355. The molecule has 0 saturated heterocycles. The number of aromatic nitrogens is 2. The molecule has 3 aromatic rings. The van der Waals surface area contributed by atoms with E-state index in [1.807, 2.05) is 19.1 Å². The molecule has 116 valence electrons. The number of para-hydroxylation sites is 1. The molecule has 0 aliphatic rings. The van der Waals surface area contributed by atoms with Gasteiger partial charge in [-0.15, -0.1) is 0 Å². The minimum Gasteiger partial charge on any atom is -0.305 e. The van der Waals surface area contributed by atoms with Crippen molar-refractivity contribution in [2.45, 2.75) is 6.92 Å². The van der Waals surface area contributed by atoms with Crippen molar-refractivity contribution < 1.29 is 4.39 Å². The molecule has 0 saturated carbocycles. The van der Waals surface area contributed by atoms with Crippen LogP contribution in [0, 0.1) is 12.7 Å². The maximum absolute atomic E-state index is 13.3. The van der Waals surface area contributed by atoms with E-state index in [0.717, 1.165) is 5.56 Å². The van der Waals surface area contributed by atoms with Gasteiger partial charge in [0.2, 0.25) is 0 Å². The van der Waals surface area contributed by atoms with Crippen LogP contribution in [-0.2, 0) is 0 Å². The summed E-state index contributed by atoms with van der Waals surface area (Å²) in [5, 5.41) is 0.786. The number of fused-ring (bicyclic) bond motifs is 1. The third-order valence-electron chi connectivity index (χ3n) is 3.40. The summed E-state index contributed by atoms with van der Waals surface area (Å²) in [4.78, 5) is 19.3. The van der Waals surface area contributed by atoms with Crippen molar-refractivity contribution in [2.75, 3.05) is 0 Å². The first kappa shape index (κ1) is 15.9. The molecule has 23 heavy (non-hydrogen) atoms. The van der Waals surface area contributed by atoms with Gasteiger partial charge in [-0.3, -0.25) is 4.79 Å². The third kappa shape index (κ3) is 3.21. The number of benzene rings is 2. The lowest BCUT2D eigenvalue weighted by molar-refractivity contribution is 0.621. The van der Waals surface area contributed by atoms with Crippen LogP contribution in [0.3, 0.4) is 0 Å². The molecule has 0 aliphatic carbocycles. The first-order valence-corrected chi connectivity index (χ1v) is 7.95. The zero-order chi connectivity index (χ0) is 16.6. The van der Waals surface area contributed by atoms with Gasteiger partial charge in [0.15, 0.2) is 5.82 Å². The van der Waals surface area contributed by atoms with E-state index in [1.54, 1.807) is 24.3 Å². The van der Waals surface area contributed by atoms with Gasteiger partial charge in [0, 0.05) is 0 Å². The molecular formula is C17H11BrClFN2O. The van der Waals surface area contributed by atoms with Gasteiger partial charge in [0.25, 0.3) is 5.56 Å². The van der Waals surface area contributed by atoms with E-state index >= 15 is 0 Å². The van der Waals surface area contributed by atoms with Crippen molar-refractivity contribution in [2.24, 2.45) is 0 Å². The van der Waals surface area contributed by atoms with E-state index < -0.39 is 0 Å². The Morgan fingerprint density at radius 2 is 2.13 bits per heavy atom. The van der Waals surface area contributed by atoms with Crippen LogP contribution in [0.4, 0.5) is 4.39 Å². The second kappa shape index (κ2) is 6.26. The summed E-state index contributed by atoms with van der Waals surface area (Å²) in [6.45, 7) is 1.88. The Hall–Kier alpha value is -1.98. The van der Waals surface area contributed by atoms with Gasteiger partial charge in [0.05, 0.1) is 20.4 Å². The molecule has 0 amide bonds. The Balaban J connectivity index is 2.12. The Bertz CT molecular complexity index is 998. The molecule has 1 heterocycles. The standard InChI is InChI=1S/C17H11BrClFN2O/c1-9-3-2-4-11-15(9)21-16(22-17(11)23)13(19)8-10-5-6-14(20)12(18)7-10/h2-8H,1H3,(H,21,22,23)/b13-8-. The summed E-state index contributed by atoms with van der Waals surface area (Å²) in [7, 11) is 0. The monoisotopic (exact) mass is 392 g/mol. The number of aromatic amines is 1. The number of hydrogen-bond donors (Lipinski definition) is 1. The molecule has 0 spiro atoms. The molecule has 3 rings (SSSR count). The number of rotatable bonds is 2. The lowest BCUT2D eigenvalue weighted by Crippen LogP contribution is -2.11. The lowest BCUT2D eigenvalue weighted by atomic mass is 10.1. The van der Waals surface area contributed by atoms with E-state index in [1.165, 1.54) is 6.07 Å². The third-order valence-corrected chi connectivity index (χ3v) is 4.30. The highest BCUT2D eigenvalue weighted by Crippen LogP contribution is 2.23. The summed E-state index contributed by atoms with van der Waals surface area (Å²) in [6.07, 6.45) is 1.62. The smallest absolute Gasteiger partial charge is 0.259 e. The SMILES string of the molecule is Cc1cccc2c(=O)[nH]c(/C(Cl)=C/c3ccc(F)c(Br)c3)nc12. The average molecular weight is 394 g/mol. The van der Waals surface area contributed by atoms with Crippen LogP contribution in [0.1, 0.15) is 17.0 Å². The fourth-order valence-electron chi connectivity index (χ4n) is 2.24. The van der Waals surface area contributed by atoms with Crippen LogP contribution in [0.25, 0.3) is 22.0 Å². The van der Waals surface area contributed by atoms with Gasteiger partial charge >= 0.3 is 0 Å². The molecule has 3 nitrogen and oxygen atoms in total. The zero-order valence-electron chi connectivity index (χ0n) is 12.0. The second-order valence-corrected chi connectivity index (χ2v) is 6.31. The molecule has 0 atom stereocenters. The van der Waals surface area contributed by atoms with E-state index in [2.05, 4.69) is 25.9 Å². The molecule has 1 aromatic heterocycles. The van der Waals surface area contributed by atoms with Gasteiger partial charge in [0.1, 0.15) is 5.82 Å². The van der Waals surface area contributed by atoms with Gasteiger partial charge in [-0.25, -0.2) is 9.37 Å².